The molecule has 10 heteroatoms. The first-order valence-corrected chi connectivity index (χ1v) is 11.4. The van der Waals surface area contributed by atoms with Crippen LogP contribution in [0.15, 0.2) is 82.8 Å². The van der Waals surface area contributed by atoms with Crippen molar-refractivity contribution in [3.8, 4) is 11.5 Å². The van der Waals surface area contributed by atoms with Gasteiger partial charge in [-0.3, -0.25) is 10.1 Å². The third kappa shape index (κ3) is 4.24. The molecule has 0 bridgehead atoms. The predicted octanol–water partition coefficient (Wildman–Crippen LogP) is 4.15. The monoisotopic (exact) mass is 467 g/mol. The Morgan fingerprint density at radius 2 is 1.70 bits per heavy atom. The molecule has 3 aromatic rings. The van der Waals surface area contributed by atoms with Crippen LogP contribution in [0.1, 0.15) is 23.6 Å². The lowest BCUT2D eigenvalue weighted by Gasteiger charge is -2.23. The zero-order chi connectivity index (χ0) is 23.6. The molecule has 0 unspecified atom stereocenters. The van der Waals surface area contributed by atoms with Crippen molar-refractivity contribution in [3.63, 3.8) is 0 Å². The van der Waals surface area contributed by atoms with Crippen molar-refractivity contribution in [2.75, 3.05) is 14.2 Å². The summed E-state index contributed by atoms with van der Waals surface area (Å²) in [6.07, 6.45) is 0.225. The summed E-state index contributed by atoms with van der Waals surface area (Å²) in [6, 6.07) is 18.4. The van der Waals surface area contributed by atoms with E-state index in [-0.39, 0.29) is 17.0 Å². The summed E-state index contributed by atoms with van der Waals surface area (Å²) >= 11 is 0. The second kappa shape index (κ2) is 8.91. The van der Waals surface area contributed by atoms with Gasteiger partial charge in [-0.05, 0) is 35.9 Å². The highest BCUT2D eigenvalue weighted by molar-refractivity contribution is 7.89. The molecule has 170 valence electrons. The first-order chi connectivity index (χ1) is 15.8. The Balaban J connectivity index is 1.82. The molecule has 0 amide bonds. The summed E-state index contributed by atoms with van der Waals surface area (Å²) < 4.78 is 38.6. The average molecular weight is 468 g/mol. The molecule has 0 aromatic heterocycles. The number of nitro benzene ring substituents is 1. The van der Waals surface area contributed by atoms with E-state index < -0.39 is 21.0 Å². The Morgan fingerprint density at radius 3 is 2.36 bits per heavy atom. The fraction of sp³-hybridized carbons (Fsp3) is 0.174. The van der Waals surface area contributed by atoms with E-state index in [1.54, 1.807) is 42.5 Å². The van der Waals surface area contributed by atoms with Crippen LogP contribution >= 0.6 is 0 Å². The van der Waals surface area contributed by atoms with Gasteiger partial charge in [0.2, 0.25) is 0 Å². The lowest BCUT2D eigenvalue weighted by atomic mass is 9.98. The van der Waals surface area contributed by atoms with E-state index in [1.807, 2.05) is 0 Å². The zero-order valence-corrected chi connectivity index (χ0v) is 18.7. The van der Waals surface area contributed by atoms with E-state index in [0.717, 1.165) is 4.41 Å². The van der Waals surface area contributed by atoms with Crippen molar-refractivity contribution in [2.45, 2.75) is 17.4 Å². The number of sulfonamides is 1. The minimum absolute atomic E-state index is 0.0812. The molecule has 0 aliphatic carbocycles. The number of hydrogen-bond donors (Lipinski definition) is 0. The molecule has 0 fully saturated rings. The normalized spacial score (nSPS) is 15.8. The molecule has 4 rings (SSSR count). The predicted molar refractivity (Wildman–Crippen MR) is 122 cm³/mol. The molecule has 33 heavy (non-hydrogen) atoms. The van der Waals surface area contributed by atoms with E-state index in [1.165, 1.54) is 44.6 Å². The van der Waals surface area contributed by atoms with Crippen LogP contribution in [0, 0.1) is 10.1 Å². The Labute approximate surface area is 191 Å². The van der Waals surface area contributed by atoms with Crippen molar-refractivity contribution in [2.24, 2.45) is 5.10 Å². The van der Waals surface area contributed by atoms with Gasteiger partial charge in [-0.1, -0.05) is 30.3 Å². The average Bonchev–Trinajstić information content (AvgIpc) is 3.31. The number of rotatable bonds is 7. The number of non-ortho nitro benzene ring substituents is 1. The molecular formula is C23H21N3O6S. The third-order valence-electron chi connectivity index (χ3n) is 5.34. The number of methoxy groups -OCH3 is 2. The molecule has 3 aromatic carbocycles. The van der Waals surface area contributed by atoms with Gasteiger partial charge in [0.25, 0.3) is 15.7 Å². The molecule has 0 spiro atoms. The summed E-state index contributed by atoms with van der Waals surface area (Å²) in [4.78, 5) is 10.9. The highest BCUT2D eigenvalue weighted by atomic mass is 32.2. The largest absolute Gasteiger partial charge is 0.493 e. The van der Waals surface area contributed by atoms with Gasteiger partial charge >= 0.3 is 0 Å². The minimum Gasteiger partial charge on any atom is -0.493 e. The maximum absolute atomic E-state index is 13.5. The Morgan fingerprint density at radius 1 is 0.970 bits per heavy atom. The molecule has 1 aliphatic heterocycles. The van der Waals surface area contributed by atoms with Gasteiger partial charge in [0.1, 0.15) is 0 Å². The number of benzene rings is 3. The lowest BCUT2D eigenvalue weighted by Crippen LogP contribution is -2.27. The van der Waals surface area contributed by atoms with Crippen LogP contribution in [-0.4, -0.2) is 37.7 Å². The van der Waals surface area contributed by atoms with E-state index in [9.17, 15) is 18.5 Å². The molecule has 0 saturated heterocycles. The van der Waals surface area contributed by atoms with Crippen molar-refractivity contribution in [3.05, 3.63) is 94.0 Å². The maximum atomic E-state index is 13.5. The first kappa shape index (κ1) is 22.3. The highest BCUT2D eigenvalue weighted by Gasteiger charge is 2.38. The number of ether oxygens (including phenoxy) is 2. The number of hydrogen-bond acceptors (Lipinski definition) is 7. The first-order valence-electron chi connectivity index (χ1n) is 9.99. The molecule has 1 aliphatic rings. The van der Waals surface area contributed by atoms with Gasteiger partial charge in [0.15, 0.2) is 11.5 Å². The van der Waals surface area contributed by atoms with E-state index in [0.29, 0.717) is 28.3 Å². The van der Waals surface area contributed by atoms with Gasteiger partial charge in [0.05, 0.1) is 35.8 Å². The Kier molecular flexibility index (Phi) is 6.01. The van der Waals surface area contributed by atoms with Gasteiger partial charge in [-0.2, -0.15) is 17.9 Å². The maximum Gasteiger partial charge on any atom is 0.279 e. The summed E-state index contributed by atoms with van der Waals surface area (Å²) in [5, 5.41) is 15.8. The van der Waals surface area contributed by atoms with Crippen molar-refractivity contribution < 1.29 is 22.8 Å². The van der Waals surface area contributed by atoms with Crippen LogP contribution in [0.4, 0.5) is 5.69 Å². The highest BCUT2D eigenvalue weighted by Crippen LogP contribution is 2.39. The summed E-state index contributed by atoms with van der Waals surface area (Å²) in [7, 11) is -0.984. The molecule has 9 nitrogen and oxygen atoms in total. The topological polar surface area (TPSA) is 111 Å². The standard InChI is InChI=1S/C23H21N3O6S/c1-31-22-12-11-16(14-23(22)32-2)20-15-21(17-7-6-8-18(13-17)26(27)28)25(24-20)33(29,30)19-9-4-3-5-10-19/h3-14,21H,15H2,1-2H3/t21-/m1/s1. The fourth-order valence-electron chi connectivity index (χ4n) is 3.69. The van der Waals surface area contributed by atoms with Crippen LogP contribution in [0.5, 0.6) is 11.5 Å². The third-order valence-corrected chi connectivity index (χ3v) is 7.04. The summed E-state index contributed by atoms with van der Waals surface area (Å²) in [6.45, 7) is 0. The molecule has 0 radical (unpaired) electrons. The quantitative estimate of drug-likeness (QED) is 0.381. The Hall–Kier alpha value is -3.92. The second-order valence-corrected chi connectivity index (χ2v) is 9.07. The second-order valence-electron chi connectivity index (χ2n) is 7.28. The molecule has 1 heterocycles. The van der Waals surface area contributed by atoms with Crippen LogP contribution in [0.25, 0.3) is 0 Å². The van der Waals surface area contributed by atoms with Crippen LogP contribution in [-0.2, 0) is 10.0 Å². The van der Waals surface area contributed by atoms with Crippen LogP contribution in [0.2, 0.25) is 0 Å². The zero-order valence-electron chi connectivity index (χ0n) is 17.9. The minimum atomic E-state index is -4.02. The Bertz CT molecular complexity index is 1330. The fourth-order valence-corrected chi connectivity index (χ4v) is 5.15. The van der Waals surface area contributed by atoms with Crippen molar-refractivity contribution >= 4 is 21.4 Å². The molecular weight excluding hydrogens is 446 g/mol. The number of hydrazone groups is 1. The van der Waals surface area contributed by atoms with Gasteiger partial charge in [-0.25, -0.2) is 0 Å². The van der Waals surface area contributed by atoms with Crippen LogP contribution < -0.4 is 9.47 Å². The van der Waals surface area contributed by atoms with Gasteiger partial charge in [0, 0.05) is 24.1 Å². The summed E-state index contributed by atoms with van der Waals surface area (Å²) in [5.41, 5.74) is 1.52. The van der Waals surface area contributed by atoms with Gasteiger partial charge in [-0.15, -0.1) is 0 Å². The molecule has 0 N–H and O–H groups in total. The molecule has 1 atom stereocenters. The SMILES string of the molecule is COc1ccc(C2=NN(S(=O)(=O)c3ccccc3)[C@@H](c3cccc([N+](=O)[O-])c3)C2)cc1OC. The van der Waals surface area contributed by atoms with Crippen LogP contribution in [0.3, 0.4) is 0 Å². The van der Waals surface area contributed by atoms with E-state index in [2.05, 4.69) is 5.10 Å². The van der Waals surface area contributed by atoms with E-state index in [4.69, 9.17) is 9.47 Å². The number of nitrogens with zero attached hydrogens (tertiary/aromatic N) is 3. The smallest absolute Gasteiger partial charge is 0.279 e. The number of nitro groups is 1. The van der Waals surface area contributed by atoms with Crippen molar-refractivity contribution in [1.29, 1.82) is 0 Å². The van der Waals surface area contributed by atoms with Gasteiger partial charge < -0.3 is 9.47 Å². The summed E-state index contributed by atoms with van der Waals surface area (Å²) in [5.74, 6) is 1.01. The van der Waals surface area contributed by atoms with E-state index >= 15 is 0 Å². The molecule has 0 saturated carbocycles. The van der Waals surface area contributed by atoms with Crippen molar-refractivity contribution in [1.82, 2.24) is 4.41 Å². The lowest BCUT2D eigenvalue weighted by molar-refractivity contribution is -0.384.